The molecule has 5 nitrogen and oxygen atoms in total. The van der Waals surface area contributed by atoms with Crippen LogP contribution < -0.4 is 10.2 Å². The first-order chi connectivity index (χ1) is 8.97. The molecule has 0 unspecified atom stereocenters. The van der Waals surface area contributed by atoms with Gasteiger partial charge in [-0.15, -0.1) is 0 Å². The second kappa shape index (κ2) is 4.93. The second-order valence-electron chi connectivity index (χ2n) is 3.91. The molecule has 0 saturated carbocycles. The van der Waals surface area contributed by atoms with Crippen LogP contribution in [0.1, 0.15) is 5.56 Å². The maximum atomic E-state index is 13.4. The largest absolute Gasteiger partial charge is 0.511 e. The van der Waals surface area contributed by atoms with Crippen LogP contribution in [0.15, 0.2) is 35.3 Å². The molecule has 0 aliphatic rings. The molecule has 0 aliphatic heterocycles. The van der Waals surface area contributed by atoms with Crippen molar-refractivity contribution >= 4 is 6.16 Å². The van der Waals surface area contributed by atoms with Crippen molar-refractivity contribution < 1.29 is 19.0 Å². The number of hydrogen-bond donors (Lipinski definition) is 2. The van der Waals surface area contributed by atoms with E-state index in [1.165, 1.54) is 6.07 Å². The molecule has 0 fully saturated rings. The van der Waals surface area contributed by atoms with Gasteiger partial charge in [0.15, 0.2) is 5.75 Å². The van der Waals surface area contributed by atoms with Gasteiger partial charge in [0.25, 0.3) is 0 Å². The lowest BCUT2D eigenvalue weighted by molar-refractivity contribution is 0.144. The van der Waals surface area contributed by atoms with Crippen LogP contribution >= 0.6 is 0 Å². The molecule has 0 amide bonds. The monoisotopic (exact) mass is 263 g/mol. The predicted octanol–water partition coefficient (Wildman–Crippen LogP) is 2.55. The first-order valence-corrected chi connectivity index (χ1v) is 5.37. The molecular weight excluding hydrogens is 253 g/mol. The lowest BCUT2D eigenvalue weighted by atomic mass is 10.1. The Morgan fingerprint density at radius 3 is 2.68 bits per heavy atom. The molecule has 0 atom stereocenters. The second-order valence-corrected chi connectivity index (χ2v) is 3.91. The predicted molar refractivity (Wildman–Crippen MR) is 65.8 cm³/mol. The van der Waals surface area contributed by atoms with Gasteiger partial charge in [-0.25, -0.2) is 9.18 Å². The number of carbonyl (C=O) groups is 1. The zero-order valence-electron chi connectivity index (χ0n) is 9.94. The molecule has 98 valence electrons. The number of halogens is 1. The minimum absolute atomic E-state index is 0.330. The van der Waals surface area contributed by atoms with E-state index in [2.05, 4.69) is 9.72 Å². The van der Waals surface area contributed by atoms with Gasteiger partial charge in [0.1, 0.15) is 5.82 Å². The normalized spacial score (nSPS) is 10.2. The summed E-state index contributed by atoms with van der Waals surface area (Å²) in [5.74, 6) is -0.715. The topological polar surface area (TPSA) is 79.4 Å². The molecule has 0 aliphatic carbocycles. The average Bonchev–Trinajstić information content (AvgIpc) is 2.35. The molecule has 0 bridgehead atoms. The minimum atomic E-state index is -1.57. The van der Waals surface area contributed by atoms with E-state index in [-0.39, 0.29) is 11.6 Å². The molecule has 0 radical (unpaired) electrons. The van der Waals surface area contributed by atoms with Gasteiger partial charge < -0.3 is 14.8 Å². The summed E-state index contributed by atoms with van der Waals surface area (Å²) in [6.45, 7) is 1.63. The Morgan fingerprint density at radius 1 is 1.37 bits per heavy atom. The van der Waals surface area contributed by atoms with Crippen LogP contribution in [0.25, 0.3) is 11.3 Å². The number of carboxylic acid groups (broad SMARTS) is 1. The maximum Gasteiger partial charge on any atom is 0.511 e. The maximum absolute atomic E-state index is 13.4. The van der Waals surface area contributed by atoms with E-state index in [9.17, 15) is 14.0 Å². The first-order valence-electron chi connectivity index (χ1n) is 5.37. The highest BCUT2D eigenvalue weighted by atomic mass is 19.1. The van der Waals surface area contributed by atoms with Crippen molar-refractivity contribution in [3.05, 3.63) is 52.1 Å². The zero-order chi connectivity index (χ0) is 14.0. The number of aromatic nitrogens is 1. The highest BCUT2D eigenvalue weighted by Gasteiger charge is 2.08. The van der Waals surface area contributed by atoms with Crippen molar-refractivity contribution in [2.45, 2.75) is 6.92 Å². The Labute approximate surface area is 107 Å². The SMILES string of the molecule is Cc1ccc(-c2cc(=O)c(OC(=O)O)c[nH]2)cc1F. The van der Waals surface area contributed by atoms with Crippen molar-refractivity contribution in [1.29, 1.82) is 0 Å². The fraction of sp³-hybridized carbons (Fsp3) is 0.0769. The van der Waals surface area contributed by atoms with E-state index in [0.717, 1.165) is 12.3 Å². The van der Waals surface area contributed by atoms with E-state index in [4.69, 9.17) is 5.11 Å². The van der Waals surface area contributed by atoms with E-state index in [1.54, 1.807) is 19.1 Å². The van der Waals surface area contributed by atoms with Crippen LogP contribution in [0.2, 0.25) is 0 Å². The number of ether oxygens (including phenoxy) is 1. The van der Waals surface area contributed by atoms with Crippen LogP contribution in [-0.2, 0) is 0 Å². The molecule has 1 aromatic heterocycles. The summed E-state index contributed by atoms with van der Waals surface area (Å²) >= 11 is 0. The number of H-pyrrole nitrogens is 1. The Bertz CT molecular complexity index is 693. The molecule has 2 aromatic rings. The number of nitrogens with one attached hydrogen (secondary N) is 1. The number of hydrogen-bond acceptors (Lipinski definition) is 3. The van der Waals surface area contributed by atoms with Crippen molar-refractivity contribution in [2.75, 3.05) is 0 Å². The van der Waals surface area contributed by atoms with Crippen LogP contribution in [-0.4, -0.2) is 16.2 Å². The summed E-state index contributed by atoms with van der Waals surface area (Å²) in [7, 11) is 0. The van der Waals surface area contributed by atoms with Gasteiger partial charge in [-0.2, -0.15) is 0 Å². The van der Waals surface area contributed by atoms with Crippen LogP contribution in [0, 0.1) is 12.7 Å². The van der Waals surface area contributed by atoms with Crippen molar-refractivity contribution in [1.82, 2.24) is 4.98 Å². The Balaban J connectivity index is 2.41. The van der Waals surface area contributed by atoms with E-state index in [1.807, 2.05) is 0 Å². The summed E-state index contributed by atoms with van der Waals surface area (Å²) in [5, 5.41) is 8.42. The van der Waals surface area contributed by atoms with E-state index < -0.39 is 11.6 Å². The highest BCUT2D eigenvalue weighted by Crippen LogP contribution is 2.19. The lowest BCUT2D eigenvalue weighted by Gasteiger charge is -2.05. The van der Waals surface area contributed by atoms with Gasteiger partial charge in [-0.1, -0.05) is 12.1 Å². The lowest BCUT2D eigenvalue weighted by Crippen LogP contribution is -2.12. The van der Waals surface area contributed by atoms with Gasteiger partial charge in [-0.05, 0) is 18.6 Å². The van der Waals surface area contributed by atoms with Crippen LogP contribution in [0.4, 0.5) is 9.18 Å². The number of pyridine rings is 1. The molecule has 0 spiro atoms. The first kappa shape index (κ1) is 12.8. The number of benzene rings is 1. The van der Waals surface area contributed by atoms with Crippen LogP contribution in [0.3, 0.4) is 0 Å². The molecule has 1 heterocycles. The summed E-state index contributed by atoms with van der Waals surface area (Å²) in [6, 6.07) is 5.69. The summed E-state index contributed by atoms with van der Waals surface area (Å²) in [6.07, 6.45) is -0.441. The summed E-state index contributed by atoms with van der Waals surface area (Å²) in [4.78, 5) is 24.6. The molecule has 2 rings (SSSR count). The van der Waals surface area contributed by atoms with Crippen LogP contribution in [0.5, 0.6) is 5.75 Å². The summed E-state index contributed by atoms with van der Waals surface area (Å²) in [5.41, 5.74) is 0.762. The minimum Gasteiger partial charge on any atom is -0.449 e. The number of aryl methyl sites for hydroxylation is 1. The van der Waals surface area contributed by atoms with Crippen molar-refractivity contribution in [3.63, 3.8) is 0 Å². The highest BCUT2D eigenvalue weighted by molar-refractivity contribution is 5.63. The fourth-order valence-electron chi connectivity index (χ4n) is 1.56. The van der Waals surface area contributed by atoms with Gasteiger partial charge in [0.2, 0.25) is 5.43 Å². The van der Waals surface area contributed by atoms with E-state index in [0.29, 0.717) is 16.8 Å². The smallest absolute Gasteiger partial charge is 0.449 e. The van der Waals surface area contributed by atoms with E-state index >= 15 is 0 Å². The third-order valence-corrected chi connectivity index (χ3v) is 2.56. The Hall–Kier alpha value is -2.63. The van der Waals surface area contributed by atoms with Gasteiger partial charge in [-0.3, -0.25) is 4.79 Å². The number of aromatic amines is 1. The van der Waals surface area contributed by atoms with Crippen molar-refractivity contribution in [3.8, 4) is 17.0 Å². The fourth-order valence-corrected chi connectivity index (χ4v) is 1.56. The van der Waals surface area contributed by atoms with Gasteiger partial charge in [0, 0.05) is 23.5 Å². The molecule has 1 aromatic carbocycles. The summed E-state index contributed by atoms with van der Waals surface area (Å²) < 4.78 is 17.7. The average molecular weight is 263 g/mol. The molecule has 19 heavy (non-hydrogen) atoms. The zero-order valence-corrected chi connectivity index (χ0v) is 9.94. The standard InChI is InChI=1S/C13H10FNO4/c1-7-2-3-8(4-9(7)14)10-5-11(16)12(6-15-10)19-13(17)18/h2-6H,1H3,(H,15,16)(H,17,18). The Kier molecular flexibility index (Phi) is 3.33. The van der Waals surface area contributed by atoms with Gasteiger partial charge >= 0.3 is 6.16 Å². The van der Waals surface area contributed by atoms with Crippen molar-refractivity contribution in [2.24, 2.45) is 0 Å². The Morgan fingerprint density at radius 2 is 2.11 bits per heavy atom. The van der Waals surface area contributed by atoms with Gasteiger partial charge in [0.05, 0.1) is 0 Å². The molecular formula is C13H10FNO4. The molecule has 0 saturated heterocycles. The molecule has 2 N–H and O–H groups in total. The number of rotatable bonds is 2. The molecule has 6 heteroatoms. The third-order valence-electron chi connectivity index (χ3n) is 2.56. The third kappa shape index (κ3) is 2.79. The quantitative estimate of drug-likeness (QED) is 0.816.